The van der Waals surface area contributed by atoms with Gasteiger partial charge < -0.3 is 4.42 Å². The first kappa shape index (κ1) is 14.1. The Morgan fingerprint density at radius 3 is 2.64 bits per heavy atom. The maximum Gasteiger partial charge on any atom is 0.435 e. The monoisotopic (exact) mass is 307 g/mol. The fraction of sp³-hybridized carbons (Fsp3) is 0.0714. The normalized spacial score (nSPS) is 11.6. The van der Waals surface area contributed by atoms with Crippen molar-refractivity contribution in [1.82, 2.24) is 14.8 Å². The highest BCUT2D eigenvalue weighted by Crippen LogP contribution is 2.33. The molecule has 3 heterocycles. The lowest BCUT2D eigenvalue weighted by Crippen LogP contribution is -2.08. The molecule has 0 amide bonds. The van der Waals surface area contributed by atoms with E-state index in [0.717, 1.165) is 10.7 Å². The van der Waals surface area contributed by atoms with Crippen LogP contribution >= 0.6 is 0 Å². The third-order valence-electron chi connectivity index (χ3n) is 2.87. The van der Waals surface area contributed by atoms with E-state index in [1.54, 1.807) is 6.07 Å². The Kier molecular flexibility index (Phi) is 3.28. The van der Waals surface area contributed by atoms with Gasteiger partial charge >= 0.3 is 6.18 Å². The van der Waals surface area contributed by atoms with E-state index in [1.807, 2.05) is 0 Å². The highest BCUT2D eigenvalue weighted by Gasteiger charge is 2.35. The molecule has 0 unspecified atom stereocenters. The lowest BCUT2D eigenvalue weighted by atomic mass is 10.3. The molecule has 0 aliphatic carbocycles. The van der Waals surface area contributed by atoms with Crippen LogP contribution in [0.25, 0.3) is 17.3 Å². The molecule has 0 saturated heterocycles. The molecule has 0 fully saturated rings. The van der Waals surface area contributed by atoms with E-state index in [4.69, 9.17) is 4.42 Å². The van der Waals surface area contributed by atoms with Crippen molar-refractivity contribution in [1.29, 1.82) is 0 Å². The van der Waals surface area contributed by atoms with Crippen molar-refractivity contribution >= 4 is 6.29 Å². The Labute approximate surface area is 122 Å². The second-order valence-corrected chi connectivity index (χ2v) is 4.34. The molecule has 0 spiro atoms. The van der Waals surface area contributed by atoms with Crippen molar-refractivity contribution in [2.24, 2.45) is 0 Å². The molecule has 0 aromatic carbocycles. The molecular formula is C14H8F3N3O2. The molecule has 112 valence electrons. The van der Waals surface area contributed by atoms with Gasteiger partial charge in [0.25, 0.3) is 0 Å². The van der Waals surface area contributed by atoms with E-state index in [1.165, 1.54) is 30.5 Å². The fourth-order valence-corrected chi connectivity index (χ4v) is 1.92. The standard InChI is InChI=1S/C14H8F3N3O2/c15-14(16,17)12-7-10(11-4-2-6-22-11)20(19-12)13-5-1-3-9(8-21)18-13/h1-8H. The molecule has 0 N–H and O–H groups in total. The fourth-order valence-electron chi connectivity index (χ4n) is 1.92. The van der Waals surface area contributed by atoms with Crippen molar-refractivity contribution in [3.63, 3.8) is 0 Å². The van der Waals surface area contributed by atoms with Crippen LogP contribution in [0.4, 0.5) is 13.2 Å². The predicted molar refractivity (Wildman–Crippen MR) is 69.5 cm³/mol. The number of nitrogens with zero attached hydrogens (tertiary/aromatic N) is 3. The summed E-state index contributed by atoms with van der Waals surface area (Å²) >= 11 is 0. The van der Waals surface area contributed by atoms with Crippen LogP contribution < -0.4 is 0 Å². The van der Waals surface area contributed by atoms with Crippen molar-refractivity contribution in [3.8, 4) is 17.3 Å². The maximum atomic E-state index is 12.9. The summed E-state index contributed by atoms with van der Waals surface area (Å²) in [6.07, 6.45) is -2.76. The largest absolute Gasteiger partial charge is 0.463 e. The van der Waals surface area contributed by atoms with Gasteiger partial charge in [0.1, 0.15) is 11.4 Å². The number of hydrogen-bond acceptors (Lipinski definition) is 4. The molecule has 22 heavy (non-hydrogen) atoms. The minimum atomic E-state index is -4.60. The summed E-state index contributed by atoms with van der Waals surface area (Å²) in [5, 5.41) is 3.54. The SMILES string of the molecule is O=Cc1cccc(-n2nc(C(F)(F)F)cc2-c2ccco2)n1. The van der Waals surface area contributed by atoms with E-state index < -0.39 is 11.9 Å². The average molecular weight is 307 g/mol. The Morgan fingerprint density at radius 1 is 1.18 bits per heavy atom. The number of hydrogen-bond donors (Lipinski definition) is 0. The molecule has 3 rings (SSSR count). The second-order valence-electron chi connectivity index (χ2n) is 4.34. The molecule has 0 radical (unpaired) electrons. The van der Waals surface area contributed by atoms with E-state index >= 15 is 0 Å². The predicted octanol–water partition coefficient (Wildman–Crippen LogP) is 3.36. The molecular weight excluding hydrogens is 299 g/mol. The van der Waals surface area contributed by atoms with Gasteiger partial charge in [0.15, 0.2) is 23.6 Å². The third kappa shape index (κ3) is 2.50. The molecule has 8 heteroatoms. The van der Waals surface area contributed by atoms with Gasteiger partial charge in [0, 0.05) is 6.07 Å². The summed E-state index contributed by atoms with van der Waals surface area (Å²) in [7, 11) is 0. The van der Waals surface area contributed by atoms with Gasteiger partial charge in [-0.05, 0) is 24.3 Å². The summed E-state index contributed by atoms with van der Waals surface area (Å²) < 4.78 is 44.8. The zero-order chi connectivity index (χ0) is 15.7. The van der Waals surface area contributed by atoms with Gasteiger partial charge in [-0.15, -0.1) is 0 Å². The van der Waals surface area contributed by atoms with Crippen LogP contribution in [-0.4, -0.2) is 21.1 Å². The summed E-state index contributed by atoms with van der Waals surface area (Å²) in [6, 6.07) is 8.33. The maximum absolute atomic E-state index is 12.9. The lowest BCUT2D eigenvalue weighted by molar-refractivity contribution is -0.141. The van der Waals surface area contributed by atoms with Crippen molar-refractivity contribution in [2.75, 3.05) is 0 Å². The number of furan rings is 1. The first-order valence-corrected chi connectivity index (χ1v) is 6.13. The number of halogens is 3. The third-order valence-corrected chi connectivity index (χ3v) is 2.87. The van der Waals surface area contributed by atoms with Crippen LogP contribution in [0.15, 0.2) is 47.1 Å². The minimum Gasteiger partial charge on any atom is -0.463 e. The number of alkyl halides is 3. The Balaban J connectivity index is 2.20. The Hall–Kier alpha value is -2.90. The van der Waals surface area contributed by atoms with Gasteiger partial charge in [0.2, 0.25) is 0 Å². The van der Waals surface area contributed by atoms with Crippen LogP contribution in [0.2, 0.25) is 0 Å². The zero-order valence-electron chi connectivity index (χ0n) is 10.9. The van der Waals surface area contributed by atoms with Gasteiger partial charge in [0.05, 0.1) is 6.26 Å². The number of carbonyl (C=O) groups excluding carboxylic acids is 1. The van der Waals surface area contributed by atoms with Crippen LogP contribution in [0.1, 0.15) is 16.2 Å². The summed E-state index contributed by atoms with van der Waals surface area (Å²) in [4.78, 5) is 14.7. The van der Waals surface area contributed by atoms with Gasteiger partial charge in [-0.2, -0.15) is 18.3 Å². The van der Waals surface area contributed by atoms with Crippen molar-refractivity contribution in [2.45, 2.75) is 6.18 Å². The average Bonchev–Trinajstić information content (AvgIpc) is 3.15. The van der Waals surface area contributed by atoms with E-state index in [-0.39, 0.29) is 23.0 Å². The molecule has 3 aromatic rings. The number of rotatable bonds is 3. The van der Waals surface area contributed by atoms with Crippen molar-refractivity contribution < 1.29 is 22.4 Å². The highest BCUT2D eigenvalue weighted by atomic mass is 19.4. The summed E-state index contributed by atoms with van der Waals surface area (Å²) in [6.45, 7) is 0. The quantitative estimate of drug-likeness (QED) is 0.696. The van der Waals surface area contributed by atoms with Crippen LogP contribution in [0.5, 0.6) is 0 Å². The smallest absolute Gasteiger partial charge is 0.435 e. The first-order valence-electron chi connectivity index (χ1n) is 6.13. The number of aldehydes is 1. The topological polar surface area (TPSA) is 60.9 Å². The van der Waals surface area contributed by atoms with Gasteiger partial charge in [-0.25, -0.2) is 9.67 Å². The van der Waals surface area contributed by atoms with Crippen LogP contribution in [0.3, 0.4) is 0 Å². The molecule has 0 saturated carbocycles. The summed E-state index contributed by atoms with van der Waals surface area (Å²) in [5.74, 6) is 0.299. The second kappa shape index (κ2) is 5.14. The summed E-state index contributed by atoms with van der Waals surface area (Å²) in [5.41, 5.74) is -0.892. The lowest BCUT2D eigenvalue weighted by Gasteiger charge is -2.05. The zero-order valence-corrected chi connectivity index (χ0v) is 10.9. The van der Waals surface area contributed by atoms with Crippen LogP contribution in [0, 0.1) is 0 Å². The molecule has 0 bridgehead atoms. The van der Waals surface area contributed by atoms with Gasteiger partial charge in [-0.1, -0.05) is 6.07 Å². The van der Waals surface area contributed by atoms with E-state index in [9.17, 15) is 18.0 Å². The molecule has 0 aliphatic rings. The molecule has 5 nitrogen and oxygen atoms in total. The number of aromatic nitrogens is 3. The number of carbonyl (C=O) groups is 1. The van der Waals surface area contributed by atoms with E-state index in [2.05, 4.69) is 10.1 Å². The Bertz CT molecular complexity index is 807. The molecule has 0 aliphatic heterocycles. The number of pyridine rings is 1. The highest BCUT2D eigenvalue weighted by molar-refractivity contribution is 5.72. The van der Waals surface area contributed by atoms with Crippen molar-refractivity contribution in [3.05, 3.63) is 54.0 Å². The van der Waals surface area contributed by atoms with E-state index in [0.29, 0.717) is 6.29 Å². The minimum absolute atomic E-state index is 0.0894. The van der Waals surface area contributed by atoms with Crippen LogP contribution in [-0.2, 0) is 6.18 Å². The Morgan fingerprint density at radius 2 is 2.00 bits per heavy atom. The van der Waals surface area contributed by atoms with Gasteiger partial charge in [-0.3, -0.25) is 4.79 Å². The first-order chi connectivity index (χ1) is 10.5. The molecule has 0 atom stereocenters. The molecule has 3 aromatic heterocycles.